The summed E-state index contributed by atoms with van der Waals surface area (Å²) in [6.45, 7) is 2.64. The highest BCUT2D eigenvalue weighted by Gasteiger charge is 2.11. The van der Waals surface area contributed by atoms with Crippen LogP contribution in [0.4, 0.5) is 0 Å². The summed E-state index contributed by atoms with van der Waals surface area (Å²) in [5.74, 6) is 0.911. The van der Waals surface area contributed by atoms with Gasteiger partial charge in [0.25, 0.3) is 5.91 Å². The van der Waals surface area contributed by atoms with Crippen LogP contribution in [-0.4, -0.2) is 33.0 Å². The highest BCUT2D eigenvalue weighted by molar-refractivity contribution is 7.99. The molecular weight excluding hydrogens is 340 g/mol. The first-order valence-corrected chi connectivity index (χ1v) is 9.59. The lowest BCUT2D eigenvalue weighted by Crippen LogP contribution is -2.26. The van der Waals surface area contributed by atoms with Crippen LogP contribution in [0.3, 0.4) is 0 Å². The lowest BCUT2D eigenvalue weighted by molar-refractivity contribution is 0.0951. The van der Waals surface area contributed by atoms with Gasteiger partial charge in [-0.15, -0.1) is 23.1 Å². The van der Waals surface area contributed by atoms with Crippen molar-refractivity contribution in [1.29, 1.82) is 0 Å². The van der Waals surface area contributed by atoms with Gasteiger partial charge in [0, 0.05) is 35.6 Å². The van der Waals surface area contributed by atoms with Crippen LogP contribution in [0.15, 0.2) is 53.0 Å². The Kier molecular flexibility index (Phi) is 5.66. The SMILES string of the molecule is CCSc1ccccc1C(=O)NCCc1csc(-n2cccn2)n1. The van der Waals surface area contributed by atoms with Crippen LogP contribution < -0.4 is 5.32 Å². The monoisotopic (exact) mass is 358 g/mol. The van der Waals surface area contributed by atoms with E-state index < -0.39 is 0 Å². The number of hydrogen-bond acceptors (Lipinski definition) is 5. The minimum atomic E-state index is -0.0333. The van der Waals surface area contributed by atoms with Gasteiger partial charge in [0.1, 0.15) is 0 Å². The van der Waals surface area contributed by atoms with Crippen LogP contribution in [0.25, 0.3) is 5.13 Å². The second-order valence-corrected chi connectivity index (χ2v) is 7.15. The van der Waals surface area contributed by atoms with Crippen molar-refractivity contribution in [2.45, 2.75) is 18.2 Å². The van der Waals surface area contributed by atoms with Crippen LogP contribution in [-0.2, 0) is 6.42 Å². The lowest BCUT2D eigenvalue weighted by Gasteiger charge is -2.08. The van der Waals surface area contributed by atoms with Gasteiger partial charge in [0.2, 0.25) is 5.13 Å². The average Bonchev–Trinajstić information content (AvgIpc) is 3.27. The van der Waals surface area contributed by atoms with Gasteiger partial charge in [-0.2, -0.15) is 5.10 Å². The number of rotatable bonds is 7. The highest BCUT2D eigenvalue weighted by atomic mass is 32.2. The van der Waals surface area contributed by atoms with Crippen molar-refractivity contribution in [2.75, 3.05) is 12.3 Å². The van der Waals surface area contributed by atoms with Gasteiger partial charge in [-0.1, -0.05) is 19.1 Å². The van der Waals surface area contributed by atoms with Crippen molar-refractivity contribution in [3.8, 4) is 5.13 Å². The molecule has 0 unspecified atom stereocenters. The molecule has 7 heteroatoms. The van der Waals surface area contributed by atoms with Gasteiger partial charge in [0.15, 0.2) is 0 Å². The van der Waals surface area contributed by atoms with E-state index in [9.17, 15) is 4.79 Å². The molecule has 0 aliphatic carbocycles. The fourth-order valence-electron chi connectivity index (χ4n) is 2.23. The third-order valence-corrected chi connectivity index (χ3v) is 5.17. The van der Waals surface area contributed by atoms with E-state index in [-0.39, 0.29) is 5.91 Å². The summed E-state index contributed by atoms with van der Waals surface area (Å²) in [5, 5.41) is 9.99. The molecule has 0 aliphatic heterocycles. The van der Waals surface area contributed by atoms with Gasteiger partial charge in [-0.3, -0.25) is 4.79 Å². The molecule has 0 bridgehead atoms. The zero-order valence-electron chi connectivity index (χ0n) is 13.3. The zero-order chi connectivity index (χ0) is 16.8. The molecule has 2 heterocycles. The lowest BCUT2D eigenvalue weighted by atomic mass is 10.2. The molecule has 0 atom stereocenters. The molecule has 1 aromatic carbocycles. The summed E-state index contributed by atoms with van der Waals surface area (Å²) in [6.07, 6.45) is 4.30. The minimum absolute atomic E-state index is 0.0333. The molecule has 3 aromatic rings. The number of carbonyl (C=O) groups is 1. The number of nitrogens with one attached hydrogen (secondary N) is 1. The normalized spacial score (nSPS) is 10.7. The molecule has 2 aromatic heterocycles. The van der Waals surface area contributed by atoms with Gasteiger partial charge in [0.05, 0.1) is 11.3 Å². The number of carbonyl (C=O) groups excluding carboxylic acids is 1. The van der Waals surface area contributed by atoms with E-state index in [1.807, 2.05) is 41.9 Å². The second-order valence-electron chi connectivity index (χ2n) is 5.01. The summed E-state index contributed by atoms with van der Waals surface area (Å²) in [5.41, 5.74) is 1.70. The summed E-state index contributed by atoms with van der Waals surface area (Å²) in [7, 11) is 0. The summed E-state index contributed by atoms with van der Waals surface area (Å²) < 4.78 is 1.74. The molecule has 0 radical (unpaired) electrons. The molecule has 0 saturated heterocycles. The fourth-order valence-corrected chi connectivity index (χ4v) is 3.83. The van der Waals surface area contributed by atoms with Crippen LogP contribution in [0.1, 0.15) is 23.0 Å². The molecule has 0 spiro atoms. The number of nitrogens with zero attached hydrogens (tertiary/aromatic N) is 3. The van der Waals surface area contributed by atoms with Gasteiger partial charge < -0.3 is 5.32 Å². The third-order valence-electron chi connectivity index (χ3n) is 3.34. The Labute approximate surface area is 149 Å². The maximum absolute atomic E-state index is 12.4. The Morgan fingerprint density at radius 1 is 1.33 bits per heavy atom. The number of amides is 1. The van der Waals surface area contributed by atoms with Crippen molar-refractivity contribution >= 4 is 29.0 Å². The first kappa shape index (κ1) is 16.7. The van der Waals surface area contributed by atoms with Crippen molar-refractivity contribution in [3.05, 3.63) is 59.4 Å². The molecule has 0 aliphatic rings. The van der Waals surface area contributed by atoms with Crippen LogP contribution in [0.5, 0.6) is 0 Å². The molecule has 24 heavy (non-hydrogen) atoms. The van der Waals surface area contributed by atoms with E-state index in [0.29, 0.717) is 13.0 Å². The zero-order valence-corrected chi connectivity index (χ0v) is 14.9. The van der Waals surface area contributed by atoms with E-state index in [0.717, 1.165) is 27.0 Å². The molecule has 1 amide bonds. The Hall–Kier alpha value is -2.12. The second kappa shape index (κ2) is 8.12. The standard InChI is InChI=1S/C17H18N4OS2/c1-2-23-15-7-4-3-6-14(15)16(22)18-10-8-13-12-24-17(20-13)21-11-5-9-19-21/h3-7,9,11-12H,2,8,10H2,1H3,(H,18,22). The summed E-state index contributed by atoms with van der Waals surface area (Å²) in [4.78, 5) is 17.9. The molecule has 0 fully saturated rings. The number of hydrogen-bond donors (Lipinski definition) is 1. The van der Waals surface area contributed by atoms with Crippen molar-refractivity contribution < 1.29 is 4.79 Å². The molecular formula is C17H18N4OS2. The van der Waals surface area contributed by atoms with Crippen LogP contribution >= 0.6 is 23.1 Å². The Morgan fingerprint density at radius 3 is 3.00 bits per heavy atom. The van der Waals surface area contributed by atoms with Crippen LogP contribution in [0.2, 0.25) is 0 Å². The molecule has 5 nitrogen and oxygen atoms in total. The van der Waals surface area contributed by atoms with Crippen molar-refractivity contribution in [1.82, 2.24) is 20.1 Å². The van der Waals surface area contributed by atoms with E-state index in [1.54, 1.807) is 34.0 Å². The maximum Gasteiger partial charge on any atom is 0.252 e. The smallest absolute Gasteiger partial charge is 0.252 e. The average molecular weight is 358 g/mol. The fraction of sp³-hybridized carbons (Fsp3) is 0.235. The first-order valence-electron chi connectivity index (χ1n) is 7.72. The third kappa shape index (κ3) is 4.04. The van der Waals surface area contributed by atoms with Crippen molar-refractivity contribution in [2.24, 2.45) is 0 Å². The Morgan fingerprint density at radius 2 is 2.21 bits per heavy atom. The van der Waals surface area contributed by atoms with Gasteiger partial charge in [-0.25, -0.2) is 9.67 Å². The van der Waals surface area contributed by atoms with Gasteiger partial charge >= 0.3 is 0 Å². The summed E-state index contributed by atoms with van der Waals surface area (Å²) >= 11 is 3.23. The number of thiazole rings is 1. The maximum atomic E-state index is 12.4. The van der Waals surface area contributed by atoms with Gasteiger partial charge in [-0.05, 0) is 24.0 Å². The van der Waals surface area contributed by atoms with Crippen LogP contribution in [0, 0.1) is 0 Å². The Bertz CT molecular complexity index is 799. The number of benzene rings is 1. The van der Waals surface area contributed by atoms with Crippen molar-refractivity contribution in [3.63, 3.8) is 0 Å². The van der Waals surface area contributed by atoms with E-state index in [2.05, 4.69) is 22.3 Å². The molecule has 124 valence electrons. The highest BCUT2D eigenvalue weighted by Crippen LogP contribution is 2.22. The summed E-state index contributed by atoms with van der Waals surface area (Å²) in [6, 6.07) is 9.57. The number of aromatic nitrogens is 3. The predicted octanol–water partition coefficient (Wildman–Crippen LogP) is 3.41. The van der Waals surface area contributed by atoms with E-state index in [4.69, 9.17) is 0 Å². The molecule has 3 rings (SSSR count). The number of thioether (sulfide) groups is 1. The molecule has 1 N–H and O–H groups in total. The van der Waals surface area contributed by atoms with E-state index in [1.165, 1.54) is 0 Å². The Balaban J connectivity index is 1.56. The topological polar surface area (TPSA) is 59.8 Å². The first-order chi connectivity index (χ1) is 11.8. The largest absolute Gasteiger partial charge is 0.352 e. The predicted molar refractivity (Wildman–Crippen MR) is 98.1 cm³/mol. The van der Waals surface area contributed by atoms with E-state index >= 15 is 0 Å². The molecule has 0 saturated carbocycles. The minimum Gasteiger partial charge on any atom is -0.352 e. The quantitative estimate of drug-likeness (QED) is 0.658.